The number of benzene rings is 1. The quantitative estimate of drug-likeness (QED) is 0.827. The smallest absolute Gasteiger partial charge is 0.127 e. The summed E-state index contributed by atoms with van der Waals surface area (Å²) in [7, 11) is 0. The minimum Gasteiger partial charge on any atom is -0.380 e. The van der Waals surface area contributed by atoms with Crippen molar-refractivity contribution in [2.75, 3.05) is 13.2 Å². The summed E-state index contributed by atoms with van der Waals surface area (Å²) in [4.78, 5) is 0. The topological polar surface area (TPSA) is 21.3 Å². The van der Waals surface area contributed by atoms with Crippen molar-refractivity contribution in [2.45, 2.75) is 33.4 Å². The summed E-state index contributed by atoms with van der Waals surface area (Å²) >= 11 is 3.36. The van der Waals surface area contributed by atoms with Crippen LogP contribution in [-0.4, -0.2) is 19.3 Å². The second-order valence-corrected chi connectivity index (χ2v) is 5.54. The van der Waals surface area contributed by atoms with Crippen molar-refractivity contribution >= 4 is 15.9 Å². The zero-order chi connectivity index (χ0) is 13.5. The molecule has 0 radical (unpaired) electrons. The third kappa shape index (κ3) is 5.04. The van der Waals surface area contributed by atoms with Gasteiger partial charge in [0.1, 0.15) is 5.82 Å². The van der Waals surface area contributed by atoms with Gasteiger partial charge >= 0.3 is 0 Å². The second-order valence-electron chi connectivity index (χ2n) is 4.63. The molecule has 4 heteroatoms. The van der Waals surface area contributed by atoms with Gasteiger partial charge in [0.25, 0.3) is 0 Å². The number of halogens is 2. The maximum atomic E-state index is 13.6. The highest BCUT2D eigenvalue weighted by atomic mass is 79.9. The fraction of sp³-hybridized carbons (Fsp3) is 0.571. The summed E-state index contributed by atoms with van der Waals surface area (Å²) in [6.07, 6.45) is 0. The van der Waals surface area contributed by atoms with Crippen molar-refractivity contribution in [2.24, 2.45) is 5.92 Å². The zero-order valence-corrected chi connectivity index (χ0v) is 12.8. The van der Waals surface area contributed by atoms with Crippen molar-refractivity contribution in [3.63, 3.8) is 0 Å². The molecule has 0 spiro atoms. The first kappa shape index (κ1) is 15.6. The summed E-state index contributed by atoms with van der Waals surface area (Å²) in [5, 5.41) is 3.35. The monoisotopic (exact) mass is 317 g/mol. The van der Waals surface area contributed by atoms with Crippen LogP contribution < -0.4 is 5.32 Å². The normalized spacial score (nSPS) is 13.0. The SMILES string of the molecule is CCOCC(NCc1cc(Br)ccc1F)C(C)C. The molecular weight excluding hydrogens is 297 g/mol. The van der Waals surface area contributed by atoms with E-state index < -0.39 is 0 Å². The molecule has 1 unspecified atom stereocenters. The zero-order valence-electron chi connectivity index (χ0n) is 11.2. The summed E-state index contributed by atoms with van der Waals surface area (Å²) in [5.74, 6) is 0.274. The maximum Gasteiger partial charge on any atom is 0.127 e. The van der Waals surface area contributed by atoms with Gasteiger partial charge in [-0.3, -0.25) is 0 Å². The third-order valence-corrected chi connectivity index (χ3v) is 3.36. The van der Waals surface area contributed by atoms with Crippen molar-refractivity contribution < 1.29 is 9.13 Å². The van der Waals surface area contributed by atoms with Gasteiger partial charge < -0.3 is 10.1 Å². The van der Waals surface area contributed by atoms with Gasteiger partial charge in [-0.05, 0) is 31.0 Å². The second kappa shape index (κ2) is 7.87. The molecule has 1 aromatic carbocycles. The fourth-order valence-corrected chi connectivity index (χ4v) is 2.06. The Morgan fingerprint density at radius 2 is 2.11 bits per heavy atom. The maximum absolute atomic E-state index is 13.6. The van der Waals surface area contributed by atoms with E-state index in [4.69, 9.17) is 4.74 Å². The molecule has 1 atom stereocenters. The molecule has 0 aliphatic heterocycles. The summed E-state index contributed by atoms with van der Waals surface area (Å²) in [5.41, 5.74) is 0.673. The number of ether oxygens (including phenoxy) is 1. The summed E-state index contributed by atoms with van der Waals surface area (Å²) in [6, 6.07) is 5.23. The first-order chi connectivity index (χ1) is 8.54. The predicted octanol–water partition coefficient (Wildman–Crippen LogP) is 3.74. The molecule has 0 saturated heterocycles. The number of hydrogen-bond acceptors (Lipinski definition) is 2. The molecule has 18 heavy (non-hydrogen) atoms. The molecule has 0 saturated carbocycles. The van der Waals surface area contributed by atoms with Crippen LogP contribution in [0, 0.1) is 11.7 Å². The van der Waals surface area contributed by atoms with E-state index in [2.05, 4.69) is 35.1 Å². The lowest BCUT2D eigenvalue weighted by molar-refractivity contribution is 0.107. The summed E-state index contributed by atoms with van der Waals surface area (Å²) < 4.78 is 19.9. The van der Waals surface area contributed by atoms with Crippen molar-refractivity contribution in [3.8, 4) is 0 Å². The van der Waals surface area contributed by atoms with Crippen molar-refractivity contribution in [1.82, 2.24) is 5.32 Å². The molecule has 1 aromatic rings. The average Bonchev–Trinajstić information content (AvgIpc) is 2.33. The Morgan fingerprint density at radius 3 is 2.72 bits per heavy atom. The van der Waals surface area contributed by atoms with Gasteiger partial charge in [0.05, 0.1) is 6.61 Å². The Bertz CT molecular complexity index is 371. The Kier molecular flexibility index (Phi) is 6.82. The van der Waals surface area contributed by atoms with Crippen LogP contribution in [0.5, 0.6) is 0 Å². The van der Waals surface area contributed by atoms with Gasteiger partial charge in [-0.25, -0.2) is 4.39 Å². The molecule has 0 heterocycles. The van der Waals surface area contributed by atoms with E-state index in [9.17, 15) is 4.39 Å². The van der Waals surface area contributed by atoms with E-state index in [0.717, 1.165) is 4.47 Å². The molecule has 0 amide bonds. The lowest BCUT2D eigenvalue weighted by Crippen LogP contribution is -2.37. The predicted molar refractivity (Wildman–Crippen MR) is 76.1 cm³/mol. The Labute approximate surface area is 117 Å². The lowest BCUT2D eigenvalue weighted by atomic mass is 10.0. The van der Waals surface area contributed by atoms with Crippen LogP contribution in [-0.2, 0) is 11.3 Å². The summed E-state index contributed by atoms with van der Waals surface area (Å²) in [6.45, 7) is 8.12. The van der Waals surface area contributed by atoms with E-state index in [1.54, 1.807) is 12.1 Å². The van der Waals surface area contributed by atoms with Gasteiger partial charge in [-0.1, -0.05) is 29.8 Å². The Balaban J connectivity index is 2.58. The van der Waals surface area contributed by atoms with Crippen LogP contribution in [0.2, 0.25) is 0 Å². The standard InChI is InChI=1S/C14H21BrFNO/c1-4-18-9-14(10(2)3)17-8-11-7-12(15)5-6-13(11)16/h5-7,10,14,17H,4,8-9H2,1-3H3. The Morgan fingerprint density at radius 1 is 1.39 bits per heavy atom. The third-order valence-electron chi connectivity index (χ3n) is 2.87. The Hall–Kier alpha value is -0.450. The molecule has 0 bridgehead atoms. The first-order valence-corrected chi connectivity index (χ1v) is 7.09. The molecule has 0 aliphatic carbocycles. The molecule has 0 aliphatic rings. The number of nitrogens with one attached hydrogen (secondary N) is 1. The van der Waals surface area contributed by atoms with E-state index in [-0.39, 0.29) is 11.9 Å². The minimum atomic E-state index is -0.176. The highest BCUT2D eigenvalue weighted by Gasteiger charge is 2.13. The average molecular weight is 318 g/mol. The fourth-order valence-electron chi connectivity index (χ4n) is 1.65. The van der Waals surface area contributed by atoms with Gasteiger partial charge in [0, 0.05) is 29.2 Å². The largest absolute Gasteiger partial charge is 0.380 e. The van der Waals surface area contributed by atoms with Crippen LogP contribution in [0.15, 0.2) is 22.7 Å². The van der Waals surface area contributed by atoms with E-state index >= 15 is 0 Å². The minimum absolute atomic E-state index is 0.176. The van der Waals surface area contributed by atoms with Crippen LogP contribution in [0.1, 0.15) is 26.3 Å². The van der Waals surface area contributed by atoms with Gasteiger partial charge in [0.2, 0.25) is 0 Å². The molecule has 1 rings (SSSR count). The van der Waals surface area contributed by atoms with Gasteiger partial charge in [-0.15, -0.1) is 0 Å². The molecule has 102 valence electrons. The van der Waals surface area contributed by atoms with Crippen LogP contribution in [0.4, 0.5) is 4.39 Å². The van der Waals surface area contributed by atoms with Crippen LogP contribution in [0.3, 0.4) is 0 Å². The van der Waals surface area contributed by atoms with E-state index in [1.807, 2.05) is 6.92 Å². The van der Waals surface area contributed by atoms with E-state index in [0.29, 0.717) is 31.2 Å². The molecule has 2 nitrogen and oxygen atoms in total. The van der Waals surface area contributed by atoms with Crippen LogP contribution >= 0.6 is 15.9 Å². The van der Waals surface area contributed by atoms with Crippen molar-refractivity contribution in [1.29, 1.82) is 0 Å². The van der Waals surface area contributed by atoms with Crippen LogP contribution in [0.25, 0.3) is 0 Å². The molecule has 0 aromatic heterocycles. The number of hydrogen-bond donors (Lipinski definition) is 1. The first-order valence-electron chi connectivity index (χ1n) is 6.29. The molecule has 1 N–H and O–H groups in total. The van der Waals surface area contributed by atoms with E-state index in [1.165, 1.54) is 6.07 Å². The highest BCUT2D eigenvalue weighted by molar-refractivity contribution is 9.10. The van der Waals surface area contributed by atoms with Gasteiger partial charge in [-0.2, -0.15) is 0 Å². The molecular formula is C14H21BrFNO. The van der Waals surface area contributed by atoms with Gasteiger partial charge in [0.15, 0.2) is 0 Å². The molecule has 0 fully saturated rings. The highest BCUT2D eigenvalue weighted by Crippen LogP contribution is 2.16. The van der Waals surface area contributed by atoms with Crippen molar-refractivity contribution in [3.05, 3.63) is 34.1 Å². The number of rotatable bonds is 7. The lowest BCUT2D eigenvalue weighted by Gasteiger charge is -2.22.